The molecule has 0 unspecified atom stereocenters. The summed E-state index contributed by atoms with van der Waals surface area (Å²) in [5.74, 6) is 1.25. The molecule has 0 saturated carbocycles. The largest absolute Gasteiger partial charge is 0.493 e. The Kier molecular flexibility index (Phi) is 6.42. The second-order valence-electron chi connectivity index (χ2n) is 5.23. The second kappa shape index (κ2) is 8.31. The van der Waals surface area contributed by atoms with E-state index in [-0.39, 0.29) is 5.82 Å². The Bertz CT molecular complexity index is 676. The molecular formula is C18H21BrFNO2. The summed E-state index contributed by atoms with van der Waals surface area (Å²) in [6, 6.07) is 9.12. The Morgan fingerprint density at radius 3 is 2.52 bits per heavy atom. The average molecular weight is 382 g/mol. The predicted molar refractivity (Wildman–Crippen MR) is 93.5 cm³/mol. The quantitative estimate of drug-likeness (QED) is 0.760. The lowest BCUT2D eigenvalue weighted by molar-refractivity contribution is 0.308. The van der Waals surface area contributed by atoms with Crippen molar-refractivity contribution in [3.05, 3.63) is 57.3 Å². The Labute approximate surface area is 144 Å². The minimum Gasteiger partial charge on any atom is -0.493 e. The molecule has 1 N–H and O–H groups in total. The zero-order chi connectivity index (χ0) is 16.8. The van der Waals surface area contributed by atoms with Gasteiger partial charge in [-0.2, -0.15) is 0 Å². The molecule has 5 heteroatoms. The number of nitrogens with one attached hydrogen (secondary N) is 1. The van der Waals surface area contributed by atoms with Crippen LogP contribution in [0.2, 0.25) is 0 Å². The molecular weight excluding hydrogens is 361 g/mol. The highest BCUT2D eigenvalue weighted by molar-refractivity contribution is 9.10. The number of halogens is 2. The fourth-order valence-electron chi connectivity index (χ4n) is 2.33. The summed E-state index contributed by atoms with van der Waals surface area (Å²) >= 11 is 3.52. The zero-order valence-electron chi connectivity index (χ0n) is 13.6. The fourth-order valence-corrected chi connectivity index (χ4v) is 2.93. The van der Waals surface area contributed by atoms with Crippen LogP contribution in [0.15, 0.2) is 34.8 Å². The molecule has 0 saturated heterocycles. The van der Waals surface area contributed by atoms with Gasteiger partial charge in [0.25, 0.3) is 0 Å². The van der Waals surface area contributed by atoms with Gasteiger partial charge in [-0.1, -0.05) is 12.1 Å². The first-order valence-electron chi connectivity index (χ1n) is 7.50. The minimum absolute atomic E-state index is 0.172. The van der Waals surface area contributed by atoms with Crippen LogP contribution >= 0.6 is 15.9 Å². The van der Waals surface area contributed by atoms with Crippen molar-refractivity contribution in [3.63, 3.8) is 0 Å². The SMILES string of the molecule is CCOc1c(Br)cc(CNCc2ccc(F)c(C)c2)cc1OC. The van der Waals surface area contributed by atoms with Gasteiger partial charge in [0.1, 0.15) is 5.82 Å². The fraction of sp³-hybridized carbons (Fsp3) is 0.333. The van der Waals surface area contributed by atoms with Crippen molar-refractivity contribution >= 4 is 15.9 Å². The molecule has 2 rings (SSSR count). The number of benzene rings is 2. The lowest BCUT2D eigenvalue weighted by atomic mass is 10.1. The number of rotatable bonds is 7. The minimum atomic E-state index is -0.172. The molecule has 2 aromatic carbocycles. The van der Waals surface area contributed by atoms with E-state index in [4.69, 9.17) is 9.47 Å². The molecule has 0 radical (unpaired) electrons. The molecule has 0 aliphatic carbocycles. The molecule has 0 atom stereocenters. The maximum atomic E-state index is 13.3. The van der Waals surface area contributed by atoms with Crippen molar-refractivity contribution in [2.24, 2.45) is 0 Å². The number of ether oxygens (including phenoxy) is 2. The average Bonchev–Trinajstić information content (AvgIpc) is 2.53. The lowest BCUT2D eigenvalue weighted by Gasteiger charge is -2.14. The highest BCUT2D eigenvalue weighted by Crippen LogP contribution is 2.36. The maximum absolute atomic E-state index is 13.3. The van der Waals surface area contributed by atoms with Crippen LogP contribution in [0, 0.1) is 12.7 Å². The van der Waals surface area contributed by atoms with E-state index < -0.39 is 0 Å². The molecule has 0 spiro atoms. The standard InChI is InChI=1S/C18H21BrFNO2/c1-4-23-18-15(19)8-14(9-17(18)22-3)11-21-10-13-5-6-16(20)12(2)7-13/h5-9,21H,4,10-11H2,1-3H3. The number of methoxy groups -OCH3 is 1. The van der Waals surface area contributed by atoms with Gasteiger partial charge >= 0.3 is 0 Å². The van der Waals surface area contributed by atoms with Crippen LogP contribution in [-0.2, 0) is 13.1 Å². The van der Waals surface area contributed by atoms with Gasteiger partial charge in [0.2, 0.25) is 0 Å². The van der Waals surface area contributed by atoms with E-state index in [2.05, 4.69) is 21.2 Å². The number of hydrogen-bond donors (Lipinski definition) is 1. The van der Waals surface area contributed by atoms with Gasteiger partial charge in [0, 0.05) is 13.1 Å². The van der Waals surface area contributed by atoms with E-state index in [1.165, 1.54) is 6.07 Å². The van der Waals surface area contributed by atoms with Gasteiger partial charge in [-0.3, -0.25) is 0 Å². The first kappa shape index (κ1) is 17.8. The molecule has 0 aromatic heterocycles. The Hall–Kier alpha value is -1.59. The normalized spacial score (nSPS) is 10.7. The van der Waals surface area contributed by atoms with Crippen LogP contribution in [0.25, 0.3) is 0 Å². The highest BCUT2D eigenvalue weighted by Gasteiger charge is 2.11. The van der Waals surface area contributed by atoms with Gasteiger partial charge in [-0.25, -0.2) is 4.39 Å². The summed E-state index contributed by atoms with van der Waals surface area (Å²) in [7, 11) is 1.63. The summed E-state index contributed by atoms with van der Waals surface area (Å²) in [5.41, 5.74) is 2.80. The van der Waals surface area contributed by atoms with Gasteiger partial charge in [-0.05, 0) is 64.7 Å². The summed E-state index contributed by atoms with van der Waals surface area (Å²) < 4.78 is 25.1. The van der Waals surface area contributed by atoms with Crippen LogP contribution < -0.4 is 14.8 Å². The van der Waals surface area contributed by atoms with E-state index in [9.17, 15) is 4.39 Å². The Morgan fingerprint density at radius 1 is 1.13 bits per heavy atom. The van der Waals surface area contributed by atoms with Crippen LogP contribution in [0.5, 0.6) is 11.5 Å². The van der Waals surface area contributed by atoms with Crippen molar-refractivity contribution in [2.75, 3.05) is 13.7 Å². The smallest absolute Gasteiger partial charge is 0.175 e. The van der Waals surface area contributed by atoms with Crippen LogP contribution in [0.3, 0.4) is 0 Å². The Balaban J connectivity index is 2.02. The second-order valence-corrected chi connectivity index (χ2v) is 6.08. The third-order valence-corrected chi connectivity index (χ3v) is 4.05. The van der Waals surface area contributed by atoms with Gasteiger partial charge in [-0.15, -0.1) is 0 Å². The molecule has 0 bridgehead atoms. The van der Waals surface area contributed by atoms with Crippen molar-refractivity contribution in [2.45, 2.75) is 26.9 Å². The van der Waals surface area contributed by atoms with E-state index >= 15 is 0 Å². The highest BCUT2D eigenvalue weighted by atomic mass is 79.9. The molecule has 0 aliphatic rings. The molecule has 0 aliphatic heterocycles. The van der Waals surface area contributed by atoms with Crippen molar-refractivity contribution < 1.29 is 13.9 Å². The monoisotopic (exact) mass is 381 g/mol. The third-order valence-electron chi connectivity index (χ3n) is 3.46. The van der Waals surface area contributed by atoms with Crippen LogP contribution in [0.1, 0.15) is 23.6 Å². The molecule has 23 heavy (non-hydrogen) atoms. The van der Waals surface area contributed by atoms with E-state index in [1.807, 2.05) is 25.1 Å². The van der Waals surface area contributed by atoms with E-state index in [0.29, 0.717) is 36.8 Å². The molecule has 2 aromatic rings. The molecule has 0 heterocycles. The first-order valence-corrected chi connectivity index (χ1v) is 8.29. The summed E-state index contributed by atoms with van der Waals surface area (Å²) in [5, 5.41) is 3.35. The molecule has 0 amide bonds. The molecule has 3 nitrogen and oxygen atoms in total. The summed E-state index contributed by atoms with van der Waals surface area (Å²) in [4.78, 5) is 0. The number of hydrogen-bond acceptors (Lipinski definition) is 3. The van der Waals surface area contributed by atoms with Crippen molar-refractivity contribution in [3.8, 4) is 11.5 Å². The van der Waals surface area contributed by atoms with Gasteiger partial charge in [0.15, 0.2) is 11.5 Å². The van der Waals surface area contributed by atoms with Crippen LogP contribution in [-0.4, -0.2) is 13.7 Å². The molecule has 0 fully saturated rings. The topological polar surface area (TPSA) is 30.5 Å². The first-order chi connectivity index (χ1) is 11.0. The van der Waals surface area contributed by atoms with Crippen molar-refractivity contribution in [1.29, 1.82) is 0 Å². The predicted octanol–water partition coefficient (Wildman–Crippen LogP) is 4.59. The molecule has 124 valence electrons. The van der Waals surface area contributed by atoms with Gasteiger partial charge < -0.3 is 14.8 Å². The van der Waals surface area contributed by atoms with Crippen molar-refractivity contribution in [1.82, 2.24) is 5.32 Å². The number of aryl methyl sites for hydroxylation is 1. The third kappa shape index (κ3) is 4.69. The maximum Gasteiger partial charge on any atom is 0.175 e. The van der Waals surface area contributed by atoms with E-state index in [1.54, 1.807) is 20.1 Å². The summed E-state index contributed by atoms with van der Waals surface area (Å²) in [6.45, 7) is 5.64. The zero-order valence-corrected chi connectivity index (χ0v) is 15.2. The Morgan fingerprint density at radius 2 is 1.87 bits per heavy atom. The lowest BCUT2D eigenvalue weighted by Crippen LogP contribution is -2.13. The van der Waals surface area contributed by atoms with Crippen LogP contribution in [0.4, 0.5) is 4.39 Å². The summed E-state index contributed by atoms with van der Waals surface area (Å²) in [6.07, 6.45) is 0. The van der Waals surface area contributed by atoms with E-state index in [0.717, 1.165) is 15.6 Å². The van der Waals surface area contributed by atoms with Gasteiger partial charge in [0.05, 0.1) is 18.2 Å².